The van der Waals surface area contributed by atoms with Gasteiger partial charge in [0.2, 0.25) is 0 Å². The van der Waals surface area contributed by atoms with E-state index in [0.717, 1.165) is 5.56 Å². The summed E-state index contributed by atoms with van der Waals surface area (Å²) in [7, 11) is 0. The van der Waals surface area contributed by atoms with Crippen LogP contribution in [0.3, 0.4) is 0 Å². The first kappa shape index (κ1) is 9.27. The molecule has 0 saturated heterocycles. The molecule has 1 unspecified atom stereocenters. The molecule has 0 spiro atoms. The number of hydrogen-bond donors (Lipinski definition) is 2. The van der Waals surface area contributed by atoms with Crippen LogP contribution in [0, 0.1) is 5.82 Å². The van der Waals surface area contributed by atoms with E-state index < -0.39 is 0 Å². The number of aromatic nitrogens is 1. The third-order valence-corrected chi connectivity index (χ3v) is 2.70. The van der Waals surface area contributed by atoms with Gasteiger partial charge in [0.05, 0.1) is 11.7 Å². The molecule has 0 radical (unpaired) electrons. The maximum atomic E-state index is 13.1. The summed E-state index contributed by atoms with van der Waals surface area (Å²) in [6, 6.07) is 6.54. The van der Waals surface area contributed by atoms with E-state index in [2.05, 4.69) is 10.3 Å². The largest absolute Gasteiger partial charge is 0.489 e. The highest BCUT2D eigenvalue weighted by Gasteiger charge is 2.20. The first-order valence-corrected chi connectivity index (χ1v) is 5.14. The molecule has 2 heterocycles. The van der Waals surface area contributed by atoms with Crippen molar-refractivity contribution in [3.05, 3.63) is 48.0 Å². The Morgan fingerprint density at radius 1 is 1.31 bits per heavy atom. The van der Waals surface area contributed by atoms with E-state index >= 15 is 0 Å². The monoisotopic (exact) mass is 218 g/mol. The number of H-pyrrole nitrogens is 1. The molecule has 2 N–H and O–H groups in total. The van der Waals surface area contributed by atoms with E-state index in [4.69, 9.17) is 4.74 Å². The van der Waals surface area contributed by atoms with Crippen LogP contribution in [-0.2, 0) is 0 Å². The van der Waals surface area contributed by atoms with Gasteiger partial charge in [-0.2, -0.15) is 0 Å². The van der Waals surface area contributed by atoms with Crippen LogP contribution in [0.5, 0.6) is 5.75 Å². The summed E-state index contributed by atoms with van der Waals surface area (Å²) < 4.78 is 18.6. The van der Waals surface area contributed by atoms with Gasteiger partial charge in [-0.05, 0) is 23.8 Å². The minimum Gasteiger partial charge on any atom is -0.489 e. The van der Waals surface area contributed by atoms with Gasteiger partial charge in [0.1, 0.15) is 18.2 Å². The molecule has 0 amide bonds. The molecule has 4 heteroatoms. The zero-order valence-electron chi connectivity index (χ0n) is 8.53. The Morgan fingerprint density at radius 2 is 2.25 bits per heavy atom. The van der Waals surface area contributed by atoms with Gasteiger partial charge in [0, 0.05) is 18.5 Å². The molecule has 1 aliphatic rings. The molecule has 82 valence electrons. The summed E-state index contributed by atoms with van der Waals surface area (Å²) >= 11 is 0. The molecule has 3 rings (SSSR count). The highest BCUT2D eigenvalue weighted by atomic mass is 19.1. The standard InChI is InChI=1S/C12H11FN2O/c13-9-1-2-12-10(5-9)15-11(7-16-12)8-3-4-14-6-8/h1-6,11,14-15H,7H2. The zero-order chi connectivity index (χ0) is 11.0. The maximum Gasteiger partial charge on any atom is 0.142 e. The molecule has 3 nitrogen and oxygen atoms in total. The summed E-state index contributed by atoms with van der Waals surface area (Å²) in [4.78, 5) is 2.99. The third-order valence-electron chi connectivity index (χ3n) is 2.70. The summed E-state index contributed by atoms with van der Waals surface area (Å²) in [5.41, 5.74) is 1.81. The minimum atomic E-state index is -0.260. The van der Waals surface area contributed by atoms with E-state index in [1.165, 1.54) is 12.1 Å². The Kier molecular flexibility index (Phi) is 2.06. The van der Waals surface area contributed by atoms with Gasteiger partial charge in [-0.25, -0.2) is 4.39 Å². The smallest absolute Gasteiger partial charge is 0.142 e. The number of aromatic amines is 1. The van der Waals surface area contributed by atoms with Crippen molar-refractivity contribution in [3.63, 3.8) is 0 Å². The lowest BCUT2D eigenvalue weighted by Crippen LogP contribution is -2.23. The number of nitrogens with one attached hydrogen (secondary N) is 2. The number of benzene rings is 1. The average molecular weight is 218 g/mol. The van der Waals surface area contributed by atoms with Crippen molar-refractivity contribution in [2.24, 2.45) is 0 Å². The van der Waals surface area contributed by atoms with Crippen LogP contribution >= 0.6 is 0 Å². The van der Waals surface area contributed by atoms with Crippen LogP contribution < -0.4 is 10.1 Å². The van der Waals surface area contributed by atoms with Crippen molar-refractivity contribution in [2.45, 2.75) is 6.04 Å². The number of anilines is 1. The lowest BCUT2D eigenvalue weighted by Gasteiger charge is -2.26. The van der Waals surface area contributed by atoms with Gasteiger partial charge in [-0.1, -0.05) is 0 Å². The molecule has 2 aromatic rings. The van der Waals surface area contributed by atoms with Crippen molar-refractivity contribution >= 4 is 5.69 Å². The molecule has 1 aromatic carbocycles. The van der Waals surface area contributed by atoms with Crippen LogP contribution in [0.15, 0.2) is 36.7 Å². The Morgan fingerprint density at radius 3 is 3.06 bits per heavy atom. The molecular weight excluding hydrogens is 207 g/mol. The Balaban J connectivity index is 1.91. The topological polar surface area (TPSA) is 37.0 Å². The molecule has 1 aliphatic heterocycles. The Bertz CT molecular complexity index is 496. The molecule has 0 bridgehead atoms. The van der Waals surface area contributed by atoms with Crippen LogP contribution in [-0.4, -0.2) is 11.6 Å². The minimum absolute atomic E-state index is 0.0700. The van der Waals surface area contributed by atoms with Crippen molar-refractivity contribution < 1.29 is 9.13 Å². The molecule has 0 fully saturated rings. The maximum absolute atomic E-state index is 13.1. The highest BCUT2D eigenvalue weighted by Crippen LogP contribution is 2.33. The SMILES string of the molecule is Fc1ccc2c(c1)NC(c1cc[nH]c1)CO2. The Labute approximate surface area is 92.3 Å². The van der Waals surface area contributed by atoms with Crippen molar-refractivity contribution in [2.75, 3.05) is 11.9 Å². The number of hydrogen-bond acceptors (Lipinski definition) is 2. The molecule has 0 aliphatic carbocycles. The van der Waals surface area contributed by atoms with Crippen molar-refractivity contribution in [3.8, 4) is 5.75 Å². The van der Waals surface area contributed by atoms with Crippen LogP contribution in [0.4, 0.5) is 10.1 Å². The van der Waals surface area contributed by atoms with E-state index in [9.17, 15) is 4.39 Å². The fourth-order valence-electron chi connectivity index (χ4n) is 1.88. The van der Waals surface area contributed by atoms with Crippen molar-refractivity contribution in [1.29, 1.82) is 0 Å². The predicted molar refractivity (Wildman–Crippen MR) is 59.1 cm³/mol. The third kappa shape index (κ3) is 1.52. The number of rotatable bonds is 1. The van der Waals surface area contributed by atoms with Crippen LogP contribution in [0.2, 0.25) is 0 Å². The summed E-state index contributed by atoms with van der Waals surface area (Å²) in [6.07, 6.45) is 3.77. The lowest BCUT2D eigenvalue weighted by molar-refractivity contribution is 0.286. The van der Waals surface area contributed by atoms with Gasteiger partial charge in [-0.3, -0.25) is 0 Å². The molecule has 0 saturated carbocycles. The summed E-state index contributed by atoms with van der Waals surface area (Å²) in [5.74, 6) is 0.442. The van der Waals surface area contributed by atoms with Gasteiger partial charge in [-0.15, -0.1) is 0 Å². The van der Waals surface area contributed by atoms with Gasteiger partial charge < -0.3 is 15.0 Å². The van der Waals surface area contributed by atoms with E-state index in [-0.39, 0.29) is 11.9 Å². The van der Waals surface area contributed by atoms with E-state index in [1.54, 1.807) is 6.07 Å². The fourth-order valence-corrected chi connectivity index (χ4v) is 1.88. The second-order valence-electron chi connectivity index (χ2n) is 3.79. The first-order chi connectivity index (χ1) is 7.83. The fraction of sp³-hybridized carbons (Fsp3) is 0.167. The van der Waals surface area contributed by atoms with Gasteiger partial charge in [0.25, 0.3) is 0 Å². The first-order valence-electron chi connectivity index (χ1n) is 5.14. The average Bonchev–Trinajstić information content (AvgIpc) is 2.81. The quantitative estimate of drug-likeness (QED) is 0.772. The lowest BCUT2D eigenvalue weighted by atomic mass is 10.1. The zero-order valence-corrected chi connectivity index (χ0v) is 8.53. The second-order valence-corrected chi connectivity index (χ2v) is 3.79. The summed E-state index contributed by atoms with van der Waals surface area (Å²) in [5, 5.41) is 3.26. The van der Waals surface area contributed by atoms with Gasteiger partial charge >= 0.3 is 0 Å². The molecule has 1 aromatic heterocycles. The summed E-state index contributed by atoms with van der Waals surface area (Å²) in [6.45, 7) is 0.552. The number of fused-ring (bicyclic) bond motifs is 1. The number of halogens is 1. The number of ether oxygens (including phenoxy) is 1. The second kappa shape index (κ2) is 3.56. The van der Waals surface area contributed by atoms with Gasteiger partial charge in [0.15, 0.2) is 0 Å². The Hall–Kier alpha value is -1.97. The van der Waals surface area contributed by atoms with Crippen molar-refractivity contribution in [1.82, 2.24) is 4.98 Å². The highest BCUT2D eigenvalue weighted by molar-refractivity contribution is 5.59. The van der Waals surface area contributed by atoms with Crippen LogP contribution in [0.1, 0.15) is 11.6 Å². The van der Waals surface area contributed by atoms with E-state index in [0.29, 0.717) is 18.0 Å². The van der Waals surface area contributed by atoms with Crippen LogP contribution in [0.25, 0.3) is 0 Å². The molecule has 16 heavy (non-hydrogen) atoms. The predicted octanol–water partition coefficient (Wildman–Crippen LogP) is 2.70. The molecular formula is C12H11FN2O. The normalized spacial score (nSPS) is 18.4. The van der Waals surface area contributed by atoms with E-state index in [1.807, 2.05) is 18.5 Å². The molecule has 1 atom stereocenters.